The summed E-state index contributed by atoms with van der Waals surface area (Å²) in [5.41, 5.74) is 1.45. The number of ether oxygens (including phenoxy) is 5. The second-order valence-electron chi connectivity index (χ2n) is 10.8. The van der Waals surface area contributed by atoms with Gasteiger partial charge in [0.25, 0.3) is 0 Å². The predicted molar refractivity (Wildman–Crippen MR) is 163 cm³/mol. The Morgan fingerprint density at radius 3 is 2.24 bits per heavy atom. The standard InChI is InChI=1S/C30H36N6O9S/c1-17(2)12-24-22(14-35(34-24)23-10-8-7-9-11-23)13-32-36-16-31-33-30(36)46-29-28(44-21(6)40)27(43-20(5)39)26(42-19(4)38)25(45-29)15-41-18(3)37/h7-11,13-14,16-17,25-29H,12,15H2,1-6H3/b32-13-/t25-,26-,27+,28-,29+/m1/s1. The summed E-state index contributed by atoms with van der Waals surface area (Å²) < 4.78 is 31.0. The van der Waals surface area contributed by atoms with E-state index in [1.165, 1.54) is 24.9 Å². The Hall–Kier alpha value is -4.57. The topological polar surface area (TPSA) is 175 Å². The van der Waals surface area contributed by atoms with Crippen molar-refractivity contribution in [3.05, 3.63) is 54.1 Å². The molecule has 246 valence electrons. The van der Waals surface area contributed by atoms with Crippen molar-refractivity contribution in [2.75, 3.05) is 6.61 Å². The summed E-state index contributed by atoms with van der Waals surface area (Å²) >= 11 is 0.973. The van der Waals surface area contributed by atoms with Crippen molar-refractivity contribution < 1.29 is 42.9 Å². The van der Waals surface area contributed by atoms with E-state index in [1.54, 1.807) is 10.9 Å². The van der Waals surface area contributed by atoms with Crippen molar-refractivity contribution in [2.45, 2.75) is 83.0 Å². The summed E-state index contributed by atoms with van der Waals surface area (Å²) in [5.74, 6) is -2.41. The monoisotopic (exact) mass is 656 g/mol. The third kappa shape index (κ3) is 9.23. The van der Waals surface area contributed by atoms with Crippen LogP contribution in [-0.2, 0) is 49.3 Å². The highest BCUT2D eigenvalue weighted by Gasteiger charge is 2.52. The third-order valence-corrected chi connectivity index (χ3v) is 7.53. The van der Waals surface area contributed by atoms with E-state index in [0.29, 0.717) is 5.92 Å². The number of aromatic nitrogens is 5. The van der Waals surface area contributed by atoms with E-state index < -0.39 is 53.7 Å². The largest absolute Gasteiger partial charge is 0.463 e. The summed E-state index contributed by atoms with van der Waals surface area (Å²) in [4.78, 5) is 48.0. The molecule has 5 atom stereocenters. The molecule has 46 heavy (non-hydrogen) atoms. The molecule has 1 aromatic carbocycles. The molecule has 2 aromatic heterocycles. The fraction of sp³-hybridized carbons (Fsp3) is 0.467. The Morgan fingerprint density at radius 2 is 1.61 bits per heavy atom. The number of para-hydroxylation sites is 1. The van der Waals surface area contributed by atoms with E-state index in [9.17, 15) is 19.2 Å². The maximum absolute atomic E-state index is 12.2. The lowest BCUT2D eigenvalue weighted by molar-refractivity contribution is -0.237. The SMILES string of the molecule is CC(=O)OC[C@H]1O[C@@H](Sc2nncn2/N=C\c2cn(-c3ccccc3)nc2CC(C)C)[C@H](OC(C)=O)[C@@H](OC(C)=O)[C@@H]1OC(C)=O. The van der Waals surface area contributed by atoms with Gasteiger partial charge < -0.3 is 23.7 Å². The van der Waals surface area contributed by atoms with Crippen molar-refractivity contribution in [3.8, 4) is 5.69 Å². The Bertz CT molecular complexity index is 1560. The van der Waals surface area contributed by atoms with Gasteiger partial charge in [0.2, 0.25) is 5.16 Å². The normalized spacial score (nSPS) is 21.2. The van der Waals surface area contributed by atoms with Crippen LogP contribution in [0.2, 0.25) is 0 Å². The first-order valence-corrected chi connectivity index (χ1v) is 15.3. The van der Waals surface area contributed by atoms with E-state index in [4.69, 9.17) is 28.8 Å². The molecule has 1 saturated heterocycles. The highest BCUT2D eigenvalue weighted by molar-refractivity contribution is 7.99. The molecule has 1 aliphatic heterocycles. The lowest BCUT2D eigenvalue weighted by Gasteiger charge is -2.43. The van der Waals surface area contributed by atoms with Gasteiger partial charge in [-0.2, -0.15) is 14.9 Å². The van der Waals surface area contributed by atoms with Gasteiger partial charge in [0, 0.05) is 39.5 Å². The Balaban J connectivity index is 1.66. The highest BCUT2D eigenvalue weighted by Crippen LogP contribution is 2.37. The average Bonchev–Trinajstić information content (AvgIpc) is 3.59. The van der Waals surface area contributed by atoms with Crippen LogP contribution >= 0.6 is 11.8 Å². The minimum Gasteiger partial charge on any atom is -0.463 e. The van der Waals surface area contributed by atoms with E-state index in [0.717, 1.165) is 49.0 Å². The molecule has 3 heterocycles. The molecule has 0 spiro atoms. The van der Waals surface area contributed by atoms with Crippen LogP contribution in [0.4, 0.5) is 0 Å². The summed E-state index contributed by atoms with van der Waals surface area (Å²) in [6.45, 7) is 8.56. The number of hydrogen-bond donors (Lipinski definition) is 0. The fourth-order valence-electron chi connectivity index (χ4n) is 4.68. The zero-order chi connectivity index (χ0) is 33.4. The fourth-order valence-corrected chi connectivity index (χ4v) is 5.72. The van der Waals surface area contributed by atoms with Gasteiger partial charge in [0.05, 0.1) is 17.6 Å². The minimum atomic E-state index is -1.31. The molecule has 0 aliphatic carbocycles. The maximum atomic E-state index is 12.2. The van der Waals surface area contributed by atoms with Crippen LogP contribution in [0.25, 0.3) is 5.69 Å². The van der Waals surface area contributed by atoms with E-state index >= 15 is 0 Å². The maximum Gasteiger partial charge on any atom is 0.303 e. The van der Waals surface area contributed by atoms with Crippen molar-refractivity contribution in [2.24, 2.45) is 11.0 Å². The Kier molecular flexibility index (Phi) is 11.7. The quantitative estimate of drug-likeness (QED) is 0.158. The van der Waals surface area contributed by atoms with Crippen LogP contribution < -0.4 is 0 Å². The molecule has 0 saturated carbocycles. The molecule has 4 rings (SSSR count). The summed E-state index contributed by atoms with van der Waals surface area (Å²) in [7, 11) is 0. The zero-order valence-corrected chi connectivity index (χ0v) is 27.1. The van der Waals surface area contributed by atoms with Crippen LogP contribution in [0, 0.1) is 5.92 Å². The number of esters is 4. The van der Waals surface area contributed by atoms with Crippen LogP contribution in [0.3, 0.4) is 0 Å². The summed E-state index contributed by atoms with van der Waals surface area (Å²) in [6, 6.07) is 9.70. The van der Waals surface area contributed by atoms with E-state index in [-0.39, 0.29) is 11.8 Å². The van der Waals surface area contributed by atoms with Crippen LogP contribution in [-0.4, -0.2) is 91.2 Å². The Morgan fingerprint density at radius 1 is 0.957 bits per heavy atom. The number of thioether (sulfide) groups is 1. The third-order valence-electron chi connectivity index (χ3n) is 6.44. The van der Waals surface area contributed by atoms with Crippen molar-refractivity contribution in [1.82, 2.24) is 24.7 Å². The smallest absolute Gasteiger partial charge is 0.303 e. The van der Waals surface area contributed by atoms with Gasteiger partial charge >= 0.3 is 23.9 Å². The first-order valence-electron chi connectivity index (χ1n) is 14.5. The van der Waals surface area contributed by atoms with Crippen molar-refractivity contribution in [1.29, 1.82) is 0 Å². The molecular formula is C30H36N6O9S. The van der Waals surface area contributed by atoms with Crippen molar-refractivity contribution in [3.63, 3.8) is 0 Å². The second-order valence-corrected chi connectivity index (χ2v) is 11.9. The number of carbonyl (C=O) groups excluding carboxylic acids is 4. The van der Waals surface area contributed by atoms with E-state index in [2.05, 4.69) is 29.1 Å². The average molecular weight is 657 g/mol. The predicted octanol–water partition coefficient (Wildman–Crippen LogP) is 2.72. The number of rotatable bonds is 12. The van der Waals surface area contributed by atoms with Crippen molar-refractivity contribution >= 4 is 41.9 Å². The van der Waals surface area contributed by atoms with E-state index in [1.807, 2.05) is 36.5 Å². The van der Waals surface area contributed by atoms with Gasteiger partial charge in [0.1, 0.15) is 19.0 Å². The van der Waals surface area contributed by atoms with Gasteiger partial charge in [0.15, 0.2) is 23.7 Å². The number of hydrogen-bond acceptors (Lipinski definition) is 14. The first-order chi connectivity index (χ1) is 21.9. The van der Waals surface area contributed by atoms with Gasteiger partial charge in [-0.15, -0.1) is 10.2 Å². The molecule has 0 amide bonds. The molecule has 0 bridgehead atoms. The molecule has 1 aliphatic rings. The highest BCUT2D eigenvalue weighted by atomic mass is 32.2. The summed E-state index contributed by atoms with van der Waals surface area (Å²) in [6.07, 6.45) is 0.697. The van der Waals surface area contributed by atoms with Gasteiger partial charge in [-0.1, -0.05) is 32.0 Å². The summed E-state index contributed by atoms with van der Waals surface area (Å²) in [5, 5.41) is 17.7. The lowest BCUT2D eigenvalue weighted by Crippen LogP contribution is -2.61. The Labute approximate surface area is 269 Å². The molecular weight excluding hydrogens is 620 g/mol. The van der Waals surface area contributed by atoms with Gasteiger partial charge in [-0.05, 0) is 36.2 Å². The minimum absolute atomic E-state index is 0.234. The molecule has 0 radical (unpaired) electrons. The zero-order valence-electron chi connectivity index (χ0n) is 26.3. The number of benzene rings is 1. The molecule has 0 N–H and O–H groups in total. The van der Waals surface area contributed by atoms with Gasteiger partial charge in [-0.25, -0.2) is 4.68 Å². The van der Waals surface area contributed by atoms with Gasteiger partial charge in [-0.3, -0.25) is 19.2 Å². The number of carbonyl (C=O) groups is 4. The first kappa shape index (κ1) is 34.3. The van der Waals surface area contributed by atoms with Crippen LogP contribution in [0.15, 0.2) is 53.1 Å². The molecule has 16 heteroatoms. The molecule has 1 fully saturated rings. The second kappa shape index (κ2) is 15.6. The number of nitrogens with zero attached hydrogens (tertiary/aromatic N) is 6. The molecule has 0 unspecified atom stereocenters. The lowest BCUT2D eigenvalue weighted by atomic mass is 9.99. The van der Waals surface area contributed by atoms with Crippen LogP contribution in [0.5, 0.6) is 0 Å². The molecule has 15 nitrogen and oxygen atoms in total. The molecule has 3 aromatic rings. The van der Waals surface area contributed by atoms with Crippen LogP contribution in [0.1, 0.15) is 52.8 Å².